The van der Waals surface area contributed by atoms with Gasteiger partial charge in [-0.25, -0.2) is 4.79 Å². The van der Waals surface area contributed by atoms with E-state index in [0.717, 1.165) is 54.4 Å². The van der Waals surface area contributed by atoms with Gasteiger partial charge in [-0.2, -0.15) is 0 Å². The Morgan fingerprint density at radius 1 is 0.929 bits per heavy atom. The van der Waals surface area contributed by atoms with Gasteiger partial charge >= 0.3 is 5.97 Å². The summed E-state index contributed by atoms with van der Waals surface area (Å²) in [7, 11) is 0. The number of benzene rings is 3. The van der Waals surface area contributed by atoms with E-state index in [0.29, 0.717) is 31.4 Å². The largest absolute Gasteiger partial charge is 0.492 e. The Hall–Kier alpha value is -3.06. The molecule has 1 saturated carbocycles. The van der Waals surface area contributed by atoms with Crippen LogP contribution >= 0.6 is 11.6 Å². The number of ether oxygens (including phenoxy) is 3. The topological polar surface area (TPSA) is 60.0 Å². The van der Waals surface area contributed by atoms with Crippen molar-refractivity contribution in [3.8, 4) is 11.5 Å². The molecule has 2 aliphatic rings. The molecule has 2 fully saturated rings. The minimum absolute atomic E-state index is 0.0527. The molecule has 5 rings (SSSR count). The summed E-state index contributed by atoms with van der Waals surface area (Å²) >= 11 is 5.99. The number of carbonyl (C=O) groups excluding carboxylic acids is 1. The van der Waals surface area contributed by atoms with E-state index in [1.54, 1.807) is 0 Å². The zero-order valence-corrected chi connectivity index (χ0v) is 25.9. The molecule has 1 N–H and O–H groups in total. The predicted molar refractivity (Wildman–Crippen MR) is 167 cm³/mol. The average Bonchev–Trinajstić information content (AvgIpc) is 3.42. The molecule has 1 saturated heterocycles. The minimum atomic E-state index is -0.719. The third-order valence-electron chi connectivity index (χ3n) is 8.29. The average molecular weight is 591 g/mol. The number of esters is 1. The molecule has 42 heavy (non-hydrogen) atoms. The summed E-state index contributed by atoms with van der Waals surface area (Å²) in [5.74, 6) is 2.61. The normalized spacial score (nSPS) is 20.5. The van der Waals surface area contributed by atoms with Gasteiger partial charge in [0.05, 0.1) is 6.61 Å². The van der Waals surface area contributed by atoms with Crippen molar-refractivity contribution in [2.75, 3.05) is 32.8 Å². The number of carbonyl (C=O) groups is 1. The highest BCUT2D eigenvalue weighted by Gasteiger charge is 2.55. The second kappa shape index (κ2) is 13.5. The molecule has 0 aromatic heterocycles. The molecule has 1 aliphatic carbocycles. The van der Waals surface area contributed by atoms with Crippen LogP contribution in [0, 0.1) is 11.8 Å². The van der Waals surface area contributed by atoms with Crippen molar-refractivity contribution >= 4 is 17.6 Å². The first kappa shape index (κ1) is 30.4. The number of likely N-dealkylation sites (tertiary alicyclic amines) is 1. The first-order chi connectivity index (χ1) is 20.2. The third-order valence-corrected chi connectivity index (χ3v) is 8.55. The number of nitrogens with one attached hydrogen (secondary N) is 1. The summed E-state index contributed by atoms with van der Waals surface area (Å²) in [4.78, 5) is 15.2. The van der Waals surface area contributed by atoms with E-state index >= 15 is 0 Å². The molecule has 3 aromatic rings. The van der Waals surface area contributed by atoms with Gasteiger partial charge in [0.25, 0.3) is 0 Å². The van der Waals surface area contributed by atoms with Crippen LogP contribution in [0.5, 0.6) is 11.5 Å². The van der Waals surface area contributed by atoms with Crippen LogP contribution in [0.4, 0.5) is 0 Å². The second-order valence-corrected chi connectivity index (χ2v) is 12.9. The van der Waals surface area contributed by atoms with Crippen LogP contribution in [0.25, 0.3) is 0 Å². The molecule has 0 bridgehead atoms. The fourth-order valence-electron chi connectivity index (χ4n) is 5.77. The maximum atomic E-state index is 12.7. The van der Waals surface area contributed by atoms with Crippen molar-refractivity contribution < 1.29 is 19.0 Å². The smallest absolute Gasteiger partial charge is 0.347 e. The first-order valence-corrected chi connectivity index (χ1v) is 15.4. The monoisotopic (exact) mass is 590 g/mol. The number of hydrogen-bond acceptors (Lipinski definition) is 6. The Labute approximate surface area is 255 Å². The van der Waals surface area contributed by atoms with Crippen molar-refractivity contribution in [3.05, 3.63) is 94.5 Å². The summed E-state index contributed by atoms with van der Waals surface area (Å²) < 4.78 is 17.4. The molecule has 1 aliphatic heterocycles. The van der Waals surface area contributed by atoms with Gasteiger partial charge in [0.2, 0.25) is 0 Å². The Morgan fingerprint density at radius 3 is 2.17 bits per heavy atom. The van der Waals surface area contributed by atoms with E-state index in [9.17, 15) is 4.79 Å². The fourth-order valence-corrected chi connectivity index (χ4v) is 5.90. The van der Waals surface area contributed by atoms with E-state index < -0.39 is 6.10 Å². The highest BCUT2D eigenvalue weighted by molar-refractivity contribution is 6.30. The standard InChI is InChI=1S/C35H43ClN2O4/c1-5-40-34(39)32(42-29-16-10-26(11-17-29)35(2,3)4)20-24-8-14-28(15-9-24)41-19-18-38-22-30-31(23-38)33(30)37-21-25-6-12-27(36)13-7-25/h6-17,30-33,37H,5,18-23H2,1-4H3/t30-,31?,32+,33?/m1/s1. The van der Waals surface area contributed by atoms with Gasteiger partial charge in [0.1, 0.15) is 18.1 Å². The Balaban J connectivity index is 1.04. The molecule has 1 heterocycles. The summed E-state index contributed by atoms with van der Waals surface area (Å²) in [5.41, 5.74) is 3.53. The number of piperidine rings is 1. The van der Waals surface area contributed by atoms with Gasteiger partial charge in [-0.05, 0) is 77.3 Å². The molecule has 0 amide bonds. The van der Waals surface area contributed by atoms with Crippen molar-refractivity contribution in [2.24, 2.45) is 11.8 Å². The van der Waals surface area contributed by atoms with E-state index in [2.05, 4.69) is 43.1 Å². The highest BCUT2D eigenvalue weighted by Crippen LogP contribution is 2.45. The maximum Gasteiger partial charge on any atom is 0.347 e. The molecular formula is C35H43ClN2O4. The second-order valence-electron chi connectivity index (χ2n) is 12.4. The van der Waals surface area contributed by atoms with Crippen LogP contribution in [0.1, 0.15) is 44.4 Å². The predicted octanol–water partition coefficient (Wildman–Crippen LogP) is 6.29. The van der Waals surface area contributed by atoms with Gasteiger partial charge in [0.15, 0.2) is 6.10 Å². The summed E-state index contributed by atoms with van der Waals surface area (Å²) in [6.45, 7) is 13.4. The quantitative estimate of drug-likeness (QED) is 0.236. The SMILES string of the molecule is CCOC(=O)[C@H](Cc1ccc(OCCN2CC3C(NCc4ccc(Cl)cc4)[C@@H]3C2)cc1)Oc1ccc(C(C)(C)C)cc1. The van der Waals surface area contributed by atoms with E-state index in [-0.39, 0.29) is 11.4 Å². The lowest BCUT2D eigenvalue weighted by Gasteiger charge is -2.21. The highest BCUT2D eigenvalue weighted by atomic mass is 35.5. The zero-order chi connectivity index (χ0) is 29.7. The lowest BCUT2D eigenvalue weighted by molar-refractivity contribution is -0.151. The van der Waals surface area contributed by atoms with Crippen LogP contribution < -0.4 is 14.8 Å². The minimum Gasteiger partial charge on any atom is -0.492 e. The van der Waals surface area contributed by atoms with E-state index in [4.69, 9.17) is 25.8 Å². The molecule has 0 spiro atoms. The van der Waals surface area contributed by atoms with Gasteiger partial charge in [-0.15, -0.1) is 0 Å². The molecule has 7 heteroatoms. The number of hydrogen-bond donors (Lipinski definition) is 1. The van der Waals surface area contributed by atoms with E-state index in [1.165, 1.54) is 11.1 Å². The molecule has 6 nitrogen and oxygen atoms in total. The summed E-state index contributed by atoms with van der Waals surface area (Å²) in [6.07, 6.45) is -0.299. The molecule has 0 radical (unpaired) electrons. The third kappa shape index (κ3) is 8.06. The molecule has 224 valence electrons. The number of halogens is 1. The number of fused-ring (bicyclic) bond motifs is 1. The van der Waals surface area contributed by atoms with Gasteiger partial charge in [-0.1, -0.05) is 68.8 Å². The molecular weight excluding hydrogens is 548 g/mol. The molecule has 4 atom stereocenters. The maximum absolute atomic E-state index is 12.7. The lowest BCUT2D eigenvalue weighted by atomic mass is 9.87. The zero-order valence-electron chi connectivity index (χ0n) is 25.1. The van der Waals surface area contributed by atoms with Crippen LogP contribution in [0.15, 0.2) is 72.8 Å². The fraction of sp³-hybridized carbons (Fsp3) is 0.457. The first-order valence-electron chi connectivity index (χ1n) is 15.1. The number of nitrogens with zero attached hydrogens (tertiary/aromatic N) is 1. The van der Waals surface area contributed by atoms with Gasteiger partial charge in [0, 0.05) is 43.7 Å². The van der Waals surface area contributed by atoms with Gasteiger partial charge in [-0.3, -0.25) is 4.90 Å². The van der Waals surface area contributed by atoms with Crippen LogP contribution in [-0.4, -0.2) is 55.9 Å². The Kier molecular flexibility index (Phi) is 9.77. The van der Waals surface area contributed by atoms with Crippen LogP contribution in [0.3, 0.4) is 0 Å². The summed E-state index contributed by atoms with van der Waals surface area (Å²) in [5, 5.41) is 4.49. The van der Waals surface area contributed by atoms with Crippen molar-refractivity contribution in [1.29, 1.82) is 0 Å². The summed E-state index contributed by atoms with van der Waals surface area (Å²) in [6, 6.07) is 24.6. The molecule has 3 aromatic carbocycles. The van der Waals surface area contributed by atoms with Crippen molar-refractivity contribution in [3.63, 3.8) is 0 Å². The van der Waals surface area contributed by atoms with Crippen LogP contribution in [0.2, 0.25) is 5.02 Å². The lowest BCUT2D eigenvalue weighted by Crippen LogP contribution is -2.33. The molecule has 2 unspecified atom stereocenters. The van der Waals surface area contributed by atoms with E-state index in [1.807, 2.05) is 67.6 Å². The number of rotatable bonds is 13. The van der Waals surface area contributed by atoms with Crippen LogP contribution in [-0.2, 0) is 27.9 Å². The van der Waals surface area contributed by atoms with Crippen molar-refractivity contribution in [2.45, 2.75) is 58.2 Å². The van der Waals surface area contributed by atoms with Gasteiger partial charge < -0.3 is 19.5 Å². The Bertz CT molecular complexity index is 1290. The van der Waals surface area contributed by atoms with Crippen molar-refractivity contribution in [1.82, 2.24) is 10.2 Å². The Morgan fingerprint density at radius 2 is 1.55 bits per heavy atom.